The molecule has 0 fully saturated rings. The van der Waals surface area contributed by atoms with Crippen LogP contribution >= 0.6 is 0 Å². The molecule has 0 aromatic carbocycles. The van der Waals surface area contributed by atoms with Crippen LogP contribution in [-0.2, 0) is 0 Å². The van der Waals surface area contributed by atoms with Crippen molar-refractivity contribution in [3.63, 3.8) is 0 Å². The second-order valence-corrected chi connectivity index (χ2v) is 3.66. The number of aromatic nitrogens is 1. The molecule has 0 N–H and O–H groups in total. The largest absolute Gasteiger partial charge is 0.493 e. The molecule has 0 bridgehead atoms. The van der Waals surface area contributed by atoms with E-state index >= 15 is 0 Å². The lowest BCUT2D eigenvalue weighted by Crippen LogP contribution is -2.01. The minimum Gasteiger partial charge on any atom is -0.493 e. The first-order valence-electron chi connectivity index (χ1n) is 4.74. The molecule has 0 saturated heterocycles. The molecule has 1 heterocycles. The fourth-order valence-corrected chi connectivity index (χ4v) is 1.02. The average molecular weight is 179 g/mol. The van der Waals surface area contributed by atoms with Crippen molar-refractivity contribution in [2.24, 2.45) is 5.92 Å². The summed E-state index contributed by atoms with van der Waals surface area (Å²) in [5.41, 5.74) is 1.00. The first-order valence-corrected chi connectivity index (χ1v) is 4.74. The first-order chi connectivity index (χ1) is 6.18. The predicted octanol–water partition coefficient (Wildman–Crippen LogP) is 2.81. The summed E-state index contributed by atoms with van der Waals surface area (Å²) in [6.45, 7) is 7.15. The molecule has 1 rings (SSSR count). The van der Waals surface area contributed by atoms with Crippen molar-refractivity contribution in [1.82, 2.24) is 4.98 Å². The molecule has 72 valence electrons. The first kappa shape index (κ1) is 10.0. The molecule has 0 atom stereocenters. The third kappa shape index (κ3) is 3.92. The Morgan fingerprint density at radius 2 is 2.23 bits per heavy atom. The van der Waals surface area contributed by atoms with E-state index in [2.05, 4.69) is 18.8 Å². The Morgan fingerprint density at radius 1 is 1.46 bits per heavy atom. The van der Waals surface area contributed by atoms with Crippen LogP contribution in [0.2, 0.25) is 0 Å². The molecular formula is C11H17NO. The summed E-state index contributed by atoms with van der Waals surface area (Å²) in [4.78, 5) is 4.10. The van der Waals surface area contributed by atoms with Gasteiger partial charge in [-0.25, -0.2) is 0 Å². The summed E-state index contributed by atoms with van der Waals surface area (Å²) in [6.07, 6.45) is 2.88. The summed E-state index contributed by atoms with van der Waals surface area (Å²) in [5.74, 6) is 1.62. The zero-order chi connectivity index (χ0) is 9.68. The molecule has 13 heavy (non-hydrogen) atoms. The molecule has 0 aliphatic heterocycles. The Hall–Kier alpha value is -1.05. The van der Waals surface area contributed by atoms with E-state index in [9.17, 15) is 0 Å². The highest BCUT2D eigenvalue weighted by Gasteiger charge is 1.96. The Balaban J connectivity index is 2.37. The standard InChI is InChI=1S/C11H17NO/c1-9(2)5-7-13-11-4-6-12-10(3)8-11/h4,6,8-9H,5,7H2,1-3H3. The summed E-state index contributed by atoms with van der Waals surface area (Å²) in [7, 11) is 0. The number of hydrogen-bond acceptors (Lipinski definition) is 2. The Bertz CT molecular complexity index is 258. The van der Waals surface area contributed by atoms with Crippen molar-refractivity contribution in [2.75, 3.05) is 6.61 Å². The fourth-order valence-electron chi connectivity index (χ4n) is 1.02. The van der Waals surface area contributed by atoms with Crippen LogP contribution in [0.5, 0.6) is 5.75 Å². The van der Waals surface area contributed by atoms with E-state index < -0.39 is 0 Å². The van der Waals surface area contributed by atoms with Gasteiger partial charge in [-0.3, -0.25) is 4.98 Å². The van der Waals surface area contributed by atoms with Gasteiger partial charge < -0.3 is 4.74 Å². The van der Waals surface area contributed by atoms with Gasteiger partial charge in [0.05, 0.1) is 6.61 Å². The maximum absolute atomic E-state index is 5.56. The zero-order valence-corrected chi connectivity index (χ0v) is 8.58. The predicted molar refractivity (Wildman–Crippen MR) is 53.9 cm³/mol. The minimum atomic E-state index is 0.697. The van der Waals surface area contributed by atoms with Crippen LogP contribution in [-0.4, -0.2) is 11.6 Å². The van der Waals surface area contributed by atoms with Gasteiger partial charge in [0.2, 0.25) is 0 Å². The summed E-state index contributed by atoms with van der Waals surface area (Å²) in [5, 5.41) is 0. The van der Waals surface area contributed by atoms with Crippen LogP contribution in [0, 0.1) is 12.8 Å². The quantitative estimate of drug-likeness (QED) is 0.709. The van der Waals surface area contributed by atoms with Gasteiger partial charge in [-0.2, -0.15) is 0 Å². The molecular weight excluding hydrogens is 162 g/mol. The Labute approximate surface area is 80.0 Å². The maximum Gasteiger partial charge on any atom is 0.122 e. The number of nitrogens with zero attached hydrogens (tertiary/aromatic N) is 1. The molecule has 2 nitrogen and oxygen atoms in total. The van der Waals surface area contributed by atoms with E-state index in [1.165, 1.54) is 0 Å². The molecule has 0 saturated carbocycles. The van der Waals surface area contributed by atoms with Crippen molar-refractivity contribution < 1.29 is 4.74 Å². The molecule has 1 aromatic heterocycles. The third-order valence-corrected chi connectivity index (χ3v) is 1.83. The molecule has 0 aliphatic carbocycles. The number of rotatable bonds is 4. The summed E-state index contributed by atoms with van der Waals surface area (Å²) in [6, 6.07) is 3.85. The van der Waals surface area contributed by atoms with Gasteiger partial charge in [0.15, 0.2) is 0 Å². The lowest BCUT2D eigenvalue weighted by molar-refractivity contribution is 0.289. The van der Waals surface area contributed by atoms with Crippen molar-refractivity contribution in [2.45, 2.75) is 27.2 Å². The normalized spacial score (nSPS) is 10.5. The lowest BCUT2D eigenvalue weighted by atomic mass is 10.1. The summed E-state index contributed by atoms with van der Waals surface area (Å²) >= 11 is 0. The van der Waals surface area contributed by atoms with Gasteiger partial charge in [-0.05, 0) is 25.3 Å². The second kappa shape index (κ2) is 4.85. The van der Waals surface area contributed by atoms with Crippen molar-refractivity contribution in [3.05, 3.63) is 24.0 Å². The number of aryl methyl sites for hydroxylation is 1. The highest BCUT2D eigenvalue weighted by atomic mass is 16.5. The van der Waals surface area contributed by atoms with Crippen LogP contribution in [0.1, 0.15) is 26.0 Å². The van der Waals surface area contributed by atoms with Crippen LogP contribution in [0.25, 0.3) is 0 Å². The Morgan fingerprint density at radius 3 is 2.85 bits per heavy atom. The van der Waals surface area contributed by atoms with Gasteiger partial charge in [-0.15, -0.1) is 0 Å². The molecule has 0 radical (unpaired) electrons. The number of hydrogen-bond donors (Lipinski definition) is 0. The molecule has 0 spiro atoms. The van der Waals surface area contributed by atoms with E-state index in [4.69, 9.17) is 4.74 Å². The Kier molecular flexibility index (Phi) is 3.74. The van der Waals surface area contributed by atoms with Gasteiger partial charge >= 0.3 is 0 Å². The number of ether oxygens (including phenoxy) is 1. The SMILES string of the molecule is Cc1cc(OCCC(C)C)ccn1. The van der Waals surface area contributed by atoms with Crippen LogP contribution in [0.4, 0.5) is 0 Å². The van der Waals surface area contributed by atoms with E-state index in [1.54, 1.807) is 6.20 Å². The topological polar surface area (TPSA) is 22.1 Å². The van der Waals surface area contributed by atoms with Gasteiger partial charge in [-0.1, -0.05) is 13.8 Å². The van der Waals surface area contributed by atoms with Crippen molar-refractivity contribution in [1.29, 1.82) is 0 Å². The van der Waals surface area contributed by atoms with Crippen molar-refractivity contribution >= 4 is 0 Å². The monoisotopic (exact) mass is 179 g/mol. The van der Waals surface area contributed by atoms with Gasteiger partial charge in [0.1, 0.15) is 5.75 Å². The highest BCUT2D eigenvalue weighted by molar-refractivity contribution is 5.21. The van der Waals surface area contributed by atoms with Gasteiger partial charge in [0.25, 0.3) is 0 Å². The lowest BCUT2D eigenvalue weighted by Gasteiger charge is -2.07. The third-order valence-electron chi connectivity index (χ3n) is 1.83. The van der Waals surface area contributed by atoms with Crippen LogP contribution in [0.15, 0.2) is 18.3 Å². The minimum absolute atomic E-state index is 0.697. The second-order valence-electron chi connectivity index (χ2n) is 3.66. The smallest absolute Gasteiger partial charge is 0.122 e. The van der Waals surface area contributed by atoms with E-state index in [0.717, 1.165) is 24.5 Å². The number of pyridine rings is 1. The molecule has 1 aromatic rings. The zero-order valence-electron chi connectivity index (χ0n) is 8.58. The van der Waals surface area contributed by atoms with Crippen LogP contribution < -0.4 is 4.74 Å². The molecule has 0 aliphatic rings. The van der Waals surface area contributed by atoms with Gasteiger partial charge in [0, 0.05) is 18.0 Å². The maximum atomic E-state index is 5.56. The van der Waals surface area contributed by atoms with E-state index in [0.29, 0.717) is 5.92 Å². The van der Waals surface area contributed by atoms with E-state index in [-0.39, 0.29) is 0 Å². The average Bonchev–Trinajstić information content (AvgIpc) is 2.03. The fraction of sp³-hybridized carbons (Fsp3) is 0.545. The molecule has 2 heteroatoms. The summed E-state index contributed by atoms with van der Waals surface area (Å²) < 4.78 is 5.56. The van der Waals surface area contributed by atoms with E-state index in [1.807, 2.05) is 19.1 Å². The highest BCUT2D eigenvalue weighted by Crippen LogP contribution is 2.11. The molecule has 0 unspecified atom stereocenters. The van der Waals surface area contributed by atoms with Crippen LogP contribution in [0.3, 0.4) is 0 Å². The van der Waals surface area contributed by atoms with Crippen molar-refractivity contribution in [3.8, 4) is 5.75 Å². The molecule has 0 amide bonds.